The highest BCUT2D eigenvalue weighted by atomic mass is 79.9. The molecule has 1 aromatic carbocycles. The normalized spacial score (nSPS) is 26.9. The Labute approximate surface area is 114 Å². The van der Waals surface area contributed by atoms with Crippen LogP contribution in [0.25, 0.3) is 0 Å². The van der Waals surface area contributed by atoms with Gasteiger partial charge in [-0.1, -0.05) is 6.07 Å². The van der Waals surface area contributed by atoms with Gasteiger partial charge in [0, 0.05) is 16.3 Å². The van der Waals surface area contributed by atoms with Gasteiger partial charge in [-0.25, -0.2) is 4.90 Å². The van der Waals surface area contributed by atoms with Crippen LogP contribution < -0.4 is 4.90 Å². The number of imide groups is 1. The van der Waals surface area contributed by atoms with E-state index >= 15 is 0 Å². The highest BCUT2D eigenvalue weighted by Crippen LogP contribution is 2.41. The quantitative estimate of drug-likeness (QED) is 0.748. The maximum Gasteiger partial charge on any atom is 0.236 e. The molecule has 1 aliphatic carbocycles. The summed E-state index contributed by atoms with van der Waals surface area (Å²) in [6, 6.07) is 5.71. The number of amides is 2. The van der Waals surface area contributed by atoms with E-state index in [1.54, 1.807) is 0 Å². The van der Waals surface area contributed by atoms with Gasteiger partial charge in [-0.2, -0.15) is 0 Å². The molecule has 0 N–H and O–H groups in total. The zero-order valence-corrected chi connectivity index (χ0v) is 11.7. The largest absolute Gasteiger partial charge is 0.274 e. The Morgan fingerprint density at radius 3 is 2.33 bits per heavy atom. The van der Waals surface area contributed by atoms with Gasteiger partial charge in [0.15, 0.2) is 0 Å². The standard InChI is InChI=1S/C14H14BrNO2/c1-8-2-5-12(11(15)6-8)16-13(17)9-3-4-10(7-9)14(16)18/h2,5-6,9-10H,3-4,7H2,1H3. The Balaban J connectivity index is 2.05. The third-order valence-electron chi connectivity index (χ3n) is 3.92. The Bertz CT molecular complexity index is 519. The fourth-order valence-electron chi connectivity index (χ4n) is 2.93. The maximum absolute atomic E-state index is 12.3. The molecule has 2 bridgehead atoms. The summed E-state index contributed by atoms with van der Waals surface area (Å²) < 4.78 is 0.811. The molecular weight excluding hydrogens is 294 g/mol. The van der Waals surface area contributed by atoms with Gasteiger partial charge in [-0.05, 0) is 59.8 Å². The fraction of sp³-hybridized carbons (Fsp3) is 0.429. The monoisotopic (exact) mass is 307 g/mol. The van der Waals surface area contributed by atoms with Crippen LogP contribution in [0.4, 0.5) is 5.69 Å². The Hall–Kier alpha value is -1.16. The number of rotatable bonds is 1. The number of hydrogen-bond donors (Lipinski definition) is 0. The summed E-state index contributed by atoms with van der Waals surface area (Å²) in [4.78, 5) is 26.0. The smallest absolute Gasteiger partial charge is 0.236 e. The van der Waals surface area contributed by atoms with Gasteiger partial charge in [-0.15, -0.1) is 0 Å². The van der Waals surface area contributed by atoms with Crippen LogP contribution >= 0.6 is 15.9 Å². The molecule has 4 heteroatoms. The molecule has 18 heavy (non-hydrogen) atoms. The second-order valence-corrected chi connectivity index (χ2v) is 6.03. The Kier molecular flexibility index (Phi) is 2.77. The van der Waals surface area contributed by atoms with Crippen molar-refractivity contribution in [1.29, 1.82) is 0 Å². The molecule has 1 aromatic rings. The first kappa shape index (κ1) is 11.9. The number of benzene rings is 1. The molecule has 2 amide bonds. The van der Waals surface area contributed by atoms with E-state index in [9.17, 15) is 9.59 Å². The van der Waals surface area contributed by atoms with Crippen LogP contribution in [-0.2, 0) is 9.59 Å². The first-order chi connectivity index (χ1) is 8.58. The molecule has 2 fully saturated rings. The van der Waals surface area contributed by atoms with Gasteiger partial charge in [0.2, 0.25) is 11.8 Å². The molecule has 0 radical (unpaired) electrons. The van der Waals surface area contributed by atoms with Crippen molar-refractivity contribution >= 4 is 33.4 Å². The molecule has 1 saturated carbocycles. The van der Waals surface area contributed by atoms with Crippen LogP contribution in [0.5, 0.6) is 0 Å². The number of carbonyl (C=O) groups is 2. The van der Waals surface area contributed by atoms with E-state index in [-0.39, 0.29) is 23.7 Å². The average Bonchev–Trinajstić information content (AvgIpc) is 2.76. The maximum atomic E-state index is 12.3. The van der Waals surface area contributed by atoms with Crippen molar-refractivity contribution in [3.05, 3.63) is 28.2 Å². The van der Waals surface area contributed by atoms with E-state index in [4.69, 9.17) is 0 Å². The summed E-state index contributed by atoms with van der Waals surface area (Å²) in [5, 5.41) is 0. The summed E-state index contributed by atoms with van der Waals surface area (Å²) in [7, 11) is 0. The molecule has 3 nitrogen and oxygen atoms in total. The van der Waals surface area contributed by atoms with Gasteiger partial charge in [0.1, 0.15) is 0 Å². The zero-order chi connectivity index (χ0) is 12.9. The minimum Gasteiger partial charge on any atom is -0.274 e. The molecule has 2 aliphatic rings. The molecule has 94 valence electrons. The van der Waals surface area contributed by atoms with Crippen LogP contribution in [-0.4, -0.2) is 11.8 Å². The lowest BCUT2D eigenvalue weighted by Gasteiger charge is -2.30. The number of halogens is 1. The highest BCUT2D eigenvalue weighted by molar-refractivity contribution is 9.10. The van der Waals surface area contributed by atoms with E-state index < -0.39 is 0 Å². The van der Waals surface area contributed by atoms with Crippen LogP contribution in [0.2, 0.25) is 0 Å². The van der Waals surface area contributed by atoms with Gasteiger partial charge >= 0.3 is 0 Å². The second-order valence-electron chi connectivity index (χ2n) is 5.17. The predicted octanol–water partition coefficient (Wildman–Crippen LogP) is 3.05. The molecule has 0 aromatic heterocycles. The fourth-order valence-corrected chi connectivity index (χ4v) is 3.61. The summed E-state index contributed by atoms with van der Waals surface area (Å²) in [6.07, 6.45) is 2.46. The van der Waals surface area contributed by atoms with Crippen molar-refractivity contribution in [1.82, 2.24) is 0 Å². The number of anilines is 1. The Morgan fingerprint density at radius 2 is 1.78 bits per heavy atom. The molecule has 2 unspecified atom stereocenters. The van der Waals surface area contributed by atoms with Gasteiger partial charge < -0.3 is 0 Å². The molecule has 1 heterocycles. The first-order valence-electron chi connectivity index (χ1n) is 6.22. The van der Waals surface area contributed by atoms with E-state index in [2.05, 4.69) is 15.9 Å². The van der Waals surface area contributed by atoms with Crippen molar-refractivity contribution in [2.24, 2.45) is 11.8 Å². The minimum absolute atomic E-state index is 0.0293. The average molecular weight is 308 g/mol. The van der Waals surface area contributed by atoms with Crippen LogP contribution in [0.3, 0.4) is 0 Å². The summed E-state index contributed by atoms with van der Waals surface area (Å²) in [5.41, 5.74) is 1.79. The van der Waals surface area contributed by atoms with E-state index in [1.165, 1.54) is 4.90 Å². The van der Waals surface area contributed by atoms with E-state index in [1.807, 2.05) is 25.1 Å². The lowest BCUT2D eigenvalue weighted by Crippen LogP contribution is -2.46. The lowest BCUT2D eigenvalue weighted by atomic mass is 9.96. The number of hydrogen-bond acceptors (Lipinski definition) is 2. The molecule has 0 spiro atoms. The van der Waals surface area contributed by atoms with Crippen molar-refractivity contribution in [2.45, 2.75) is 26.2 Å². The van der Waals surface area contributed by atoms with Crippen LogP contribution in [0.1, 0.15) is 24.8 Å². The SMILES string of the molecule is Cc1ccc(N2C(=O)C3CCC(C3)C2=O)c(Br)c1. The van der Waals surface area contributed by atoms with Crippen molar-refractivity contribution < 1.29 is 9.59 Å². The molecule has 1 saturated heterocycles. The van der Waals surface area contributed by atoms with Crippen molar-refractivity contribution in [3.63, 3.8) is 0 Å². The number of carbonyl (C=O) groups excluding carboxylic acids is 2. The van der Waals surface area contributed by atoms with Crippen LogP contribution in [0, 0.1) is 18.8 Å². The molecule has 2 atom stereocenters. The number of piperidine rings is 1. The topological polar surface area (TPSA) is 37.4 Å². The molecular formula is C14H14BrNO2. The first-order valence-corrected chi connectivity index (χ1v) is 7.01. The van der Waals surface area contributed by atoms with E-state index in [0.29, 0.717) is 5.69 Å². The number of fused-ring (bicyclic) bond motifs is 2. The molecule has 3 rings (SSSR count). The Morgan fingerprint density at radius 1 is 1.17 bits per heavy atom. The third-order valence-corrected chi connectivity index (χ3v) is 4.55. The van der Waals surface area contributed by atoms with Gasteiger partial charge in [-0.3, -0.25) is 9.59 Å². The third kappa shape index (κ3) is 1.70. The number of aryl methyl sites for hydroxylation is 1. The summed E-state index contributed by atoms with van der Waals surface area (Å²) in [6.45, 7) is 1.98. The lowest BCUT2D eigenvalue weighted by molar-refractivity contribution is -0.133. The van der Waals surface area contributed by atoms with Crippen LogP contribution in [0.15, 0.2) is 22.7 Å². The van der Waals surface area contributed by atoms with Crippen molar-refractivity contribution in [3.8, 4) is 0 Å². The number of nitrogens with zero attached hydrogens (tertiary/aromatic N) is 1. The van der Waals surface area contributed by atoms with Gasteiger partial charge in [0.05, 0.1) is 5.69 Å². The van der Waals surface area contributed by atoms with E-state index in [0.717, 1.165) is 29.3 Å². The van der Waals surface area contributed by atoms with Crippen molar-refractivity contribution in [2.75, 3.05) is 4.90 Å². The summed E-state index contributed by atoms with van der Waals surface area (Å²) in [5.74, 6) is 0.0263. The highest BCUT2D eigenvalue weighted by Gasteiger charge is 2.46. The minimum atomic E-state index is -0.0293. The predicted molar refractivity (Wildman–Crippen MR) is 72.2 cm³/mol. The van der Waals surface area contributed by atoms with Gasteiger partial charge in [0.25, 0.3) is 0 Å². The second kappa shape index (κ2) is 4.19. The summed E-state index contributed by atoms with van der Waals surface area (Å²) >= 11 is 3.45. The zero-order valence-electron chi connectivity index (χ0n) is 10.1. The molecule has 1 aliphatic heterocycles.